The van der Waals surface area contributed by atoms with Crippen molar-refractivity contribution in [3.63, 3.8) is 0 Å². The molecule has 0 saturated carbocycles. The first-order valence-electron chi connectivity index (χ1n) is 12.4. The van der Waals surface area contributed by atoms with Crippen molar-refractivity contribution < 1.29 is 37.8 Å². The van der Waals surface area contributed by atoms with E-state index in [-0.39, 0.29) is 18.1 Å². The lowest BCUT2D eigenvalue weighted by atomic mass is 10.1. The van der Waals surface area contributed by atoms with Crippen molar-refractivity contribution in [3.8, 4) is 23.3 Å². The zero-order valence-corrected chi connectivity index (χ0v) is 23.1. The highest BCUT2D eigenvalue weighted by molar-refractivity contribution is 7.89. The van der Waals surface area contributed by atoms with E-state index in [9.17, 15) is 28.3 Å². The van der Waals surface area contributed by atoms with Gasteiger partial charge in [-0.05, 0) is 61.7 Å². The highest BCUT2D eigenvalue weighted by atomic mass is 32.2. The standard InChI is InChI=1S/C27H35N3O8S/c1-4-6-17-30(27(32)33)18-8-20-38-22-11-9-21(10-12-22)25(26(31)28-34)29(3)39(35,36)24-15-13-23(14-16-24)37-19-7-5-2/h9-16,25,34H,4,6,8,17-20H2,1-3H3,(H,28,31)(H,32,33). The van der Waals surface area contributed by atoms with Crippen LogP contribution in [0.4, 0.5) is 4.79 Å². The van der Waals surface area contributed by atoms with Crippen LogP contribution in [0.25, 0.3) is 0 Å². The van der Waals surface area contributed by atoms with E-state index in [0.29, 0.717) is 36.6 Å². The quantitative estimate of drug-likeness (QED) is 0.130. The number of hydrogen-bond donors (Lipinski definition) is 3. The maximum atomic E-state index is 13.3. The Labute approximate surface area is 229 Å². The molecular formula is C27H35N3O8S. The first kappa shape index (κ1) is 31.4. The second-order valence-electron chi connectivity index (χ2n) is 8.48. The van der Waals surface area contributed by atoms with Gasteiger partial charge in [-0.25, -0.2) is 18.7 Å². The number of nitrogens with zero attached hydrogens (tertiary/aromatic N) is 2. The number of hydrogen-bond acceptors (Lipinski definition) is 7. The summed E-state index contributed by atoms with van der Waals surface area (Å²) < 4.78 is 38.5. The summed E-state index contributed by atoms with van der Waals surface area (Å²) in [5.41, 5.74) is 1.84. The minimum absolute atomic E-state index is 0.0658. The predicted octanol–water partition coefficient (Wildman–Crippen LogP) is 3.50. The average Bonchev–Trinajstić information content (AvgIpc) is 2.93. The fourth-order valence-corrected chi connectivity index (χ4v) is 4.94. The van der Waals surface area contributed by atoms with Crippen molar-refractivity contribution in [1.82, 2.24) is 14.7 Å². The summed E-state index contributed by atoms with van der Waals surface area (Å²) in [5, 5.41) is 18.6. The van der Waals surface area contributed by atoms with E-state index >= 15 is 0 Å². The number of amides is 2. The van der Waals surface area contributed by atoms with Crippen molar-refractivity contribution in [3.05, 3.63) is 54.1 Å². The Kier molecular flexibility index (Phi) is 12.6. The summed E-state index contributed by atoms with van der Waals surface area (Å²) in [6.45, 7) is 4.93. The van der Waals surface area contributed by atoms with Gasteiger partial charge in [-0.2, -0.15) is 4.31 Å². The van der Waals surface area contributed by atoms with E-state index in [1.54, 1.807) is 19.1 Å². The summed E-state index contributed by atoms with van der Waals surface area (Å²) >= 11 is 0. The first-order valence-corrected chi connectivity index (χ1v) is 13.8. The molecule has 0 saturated heterocycles. The number of ether oxygens (including phenoxy) is 2. The third-order valence-electron chi connectivity index (χ3n) is 5.80. The van der Waals surface area contributed by atoms with Crippen LogP contribution in [-0.4, -0.2) is 73.3 Å². The Hall–Kier alpha value is -3.79. The SMILES string of the molecule is CC#CCOc1ccc(S(=O)(=O)N(C)C(C(=O)NO)c2ccc(OCCCN(CCCC)C(=O)O)cc2)cc1. The van der Waals surface area contributed by atoms with Crippen molar-refractivity contribution in [2.75, 3.05) is 33.4 Å². The van der Waals surface area contributed by atoms with Crippen LogP contribution in [0, 0.1) is 11.8 Å². The Morgan fingerprint density at radius 2 is 1.59 bits per heavy atom. The fraction of sp³-hybridized carbons (Fsp3) is 0.407. The van der Waals surface area contributed by atoms with Crippen molar-refractivity contribution in [2.24, 2.45) is 0 Å². The summed E-state index contributed by atoms with van der Waals surface area (Å²) in [7, 11) is -2.90. The first-order chi connectivity index (χ1) is 18.6. The zero-order valence-electron chi connectivity index (χ0n) is 22.3. The van der Waals surface area contributed by atoms with E-state index < -0.39 is 28.1 Å². The summed E-state index contributed by atoms with van der Waals surface area (Å²) in [6.07, 6.45) is 1.21. The van der Waals surface area contributed by atoms with Crippen LogP contribution in [0.15, 0.2) is 53.4 Å². The Bertz CT molecular complexity index is 1240. The monoisotopic (exact) mass is 561 g/mol. The van der Waals surface area contributed by atoms with Crippen LogP contribution in [0.2, 0.25) is 0 Å². The van der Waals surface area contributed by atoms with Crippen LogP contribution < -0.4 is 15.0 Å². The van der Waals surface area contributed by atoms with Gasteiger partial charge in [-0.1, -0.05) is 31.4 Å². The van der Waals surface area contributed by atoms with Gasteiger partial charge in [-0.15, -0.1) is 5.92 Å². The molecule has 212 valence electrons. The third-order valence-corrected chi connectivity index (χ3v) is 7.64. The molecule has 2 amide bonds. The number of rotatable bonds is 15. The summed E-state index contributed by atoms with van der Waals surface area (Å²) in [4.78, 5) is 25.1. The molecule has 0 fully saturated rings. The number of benzene rings is 2. The molecule has 0 aliphatic heterocycles. The van der Waals surface area contributed by atoms with Crippen molar-refractivity contribution >= 4 is 22.0 Å². The van der Waals surface area contributed by atoms with Crippen LogP contribution in [-0.2, 0) is 14.8 Å². The molecule has 3 N–H and O–H groups in total. The smallest absolute Gasteiger partial charge is 0.407 e. The Morgan fingerprint density at radius 1 is 1.00 bits per heavy atom. The number of nitrogens with one attached hydrogen (secondary N) is 1. The summed E-state index contributed by atoms with van der Waals surface area (Å²) in [6, 6.07) is 10.5. The molecule has 2 aromatic carbocycles. The molecule has 0 aromatic heterocycles. The lowest BCUT2D eigenvalue weighted by molar-refractivity contribution is -0.133. The highest BCUT2D eigenvalue weighted by Crippen LogP contribution is 2.28. The van der Waals surface area contributed by atoms with Gasteiger partial charge in [0, 0.05) is 20.1 Å². The normalized spacial score (nSPS) is 11.7. The number of likely N-dealkylation sites (N-methyl/N-ethyl adjacent to an activating group) is 1. The van der Waals surface area contributed by atoms with E-state index in [0.717, 1.165) is 17.1 Å². The molecule has 2 rings (SSSR count). The number of sulfonamides is 1. The highest BCUT2D eigenvalue weighted by Gasteiger charge is 2.34. The second kappa shape index (κ2) is 15.6. The lowest BCUT2D eigenvalue weighted by Gasteiger charge is -2.26. The van der Waals surface area contributed by atoms with E-state index in [1.807, 2.05) is 6.92 Å². The van der Waals surface area contributed by atoms with Gasteiger partial charge in [0.05, 0.1) is 11.5 Å². The van der Waals surface area contributed by atoms with Crippen LogP contribution in [0.5, 0.6) is 11.5 Å². The maximum absolute atomic E-state index is 13.3. The van der Waals surface area contributed by atoms with E-state index in [4.69, 9.17) is 9.47 Å². The van der Waals surface area contributed by atoms with Crippen LogP contribution >= 0.6 is 0 Å². The van der Waals surface area contributed by atoms with Gasteiger partial charge in [0.15, 0.2) is 0 Å². The van der Waals surface area contributed by atoms with Gasteiger partial charge >= 0.3 is 6.09 Å². The van der Waals surface area contributed by atoms with Gasteiger partial charge in [0.1, 0.15) is 24.1 Å². The largest absolute Gasteiger partial charge is 0.494 e. The molecule has 39 heavy (non-hydrogen) atoms. The van der Waals surface area contributed by atoms with E-state index in [1.165, 1.54) is 53.8 Å². The number of carboxylic acid groups (broad SMARTS) is 1. The van der Waals surface area contributed by atoms with Gasteiger partial charge in [0.25, 0.3) is 5.91 Å². The molecular weight excluding hydrogens is 526 g/mol. The van der Waals surface area contributed by atoms with E-state index in [2.05, 4.69) is 11.8 Å². The molecule has 0 aliphatic carbocycles. The molecule has 1 atom stereocenters. The molecule has 0 radical (unpaired) electrons. The number of hydroxylamine groups is 1. The Balaban J connectivity index is 2.10. The van der Waals surface area contributed by atoms with Crippen molar-refractivity contribution in [2.45, 2.75) is 44.0 Å². The van der Waals surface area contributed by atoms with Gasteiger partial charge in [-0.3, -0.25) is 10.0 Å². The zero-order chi connectivity index (χ0) is 28.8. The Morgan fingerprint density at radius 3 is 2.15 bits per heavy atom. The molecule has 11 nitrogen and oxygen atoms in total. The molecule has 0 spiro atoms. The fourth-order valence-electron chi connectivity index (χ4n) is 3.64. The maximum Gasteiger partial charge on any atom is 0.407 e. The lowest BCUT2D eigenvalue weighted by Crippen LogP contribution is -2.40. The molecule has 0 heterocycles. The second-order valence-corrected chi connectivity index (χ2v) is 10.5. The predicted molar refractivity (Wildman–Crippen MR) is 144 cm³/mol. The van der Waals surface area contributed by atoms with Gasteiger partial charge in [0.2, 0.25) is 10.0 Å². The topological polar surface area (TPSA) is 146 Å². The molecule has 1 unspecified atom stereocenters. The van der Waals surface area contributed by atoms with Crippen LogP contribution in [0.1, 0.15) is 44.7 Å². The molecule has 2 aromatic rings. The van der Waals surface area contributed by atoms with Crippen molar-refractivity contribution in [1.29, 1.82) is 0 Å². The number of unbranched alkanes of at least 4 members (excludes halogenated alkanes) is 1. The number of carbonyl (C=O) groups is 2. The minimum atomic E-state index is -4.14. The summed E-state index contributed by atoms with van der Waals surface area (Å²) in [5.74, 6) is 5.41. The molecule has 0 bridgehead atoms. The average molecular weight is 562 g/mol. The van der Waals surface area contributed by atoms with Crippen LogP contribution in [0.3, 0.4) is 0 Å². The molecule has 12 heteroatoms. The third kappa shape index (κ3) is 9.17. The van der Waals surface area contributed by atoms with Gasteiger partial charge < -0.3 is 19.5 Å². The minimum Gasteiger partial charge on any atom is -0.494 e. The molecule has 0 aliphatic rings. The number of carbonyl (C=O) groups excluding carboxylic acids is 1.